The fraction of sp³-hybridized carbons (Fsp3) is 0.0588. The van der Waals surface area contributed by atoms with Gasteiger partial charge in [0.1, 0.15) is 11.5 Å². The summed E-state index contributed by atoms with van der Waals surface area (Å²) in [4.78, 5) is 11.7. The van der Waals surface area contributed by atoms with Crippen LogP contribution in [0.1, 0.15) is 5.56 Å². The molecule has 1 aliphatic rings. The number of carbonyl (C=O) groups is 1. The lowest BCUT2D eigenvalue weighted by Gasteiger charge is -2.19. The molecular weight excluding hydrogens is 250 g/mol. The Morgan fingerprint density at radius 3 is 2.50 bits per heavy atom. The van der Waals surface area contributed by atoms with Crippen molar-refractivity contribution in [2.75, 3.05) is 6.61 Å². The number of benzene rings is 3. The Kier molecular flexibility index (Phi) is 2.18. The Morgan fingerprint density at radius 2 is 1.70 bits per heavy atom. The van der Waals surface area contributed by atoms with Crippen molar-refractivity contribution in [1.82, 2.24) is 0 Å². The molecule has 0 saturated carbocycles. The van der Waals surface area contributed by atoms with Crippen LogP contribution in [0.3, 0.4) is 0 Å². The third-order valence-corrected chi connectivity index (χ3v) is 3.74. The van der Waals surface area contributed by atoms with Crippen molar-refractivity contribution in [3.8, 4) is 5.75 Å². The lowest BCUT2D eigenvalue weighted by Crippen LogP contribution is -2.27. The van der Waals surface area contributed by atoms with E-state index in [4.69, 9.17) is 10.1 Å². The molecular formula is C17H11NO2. The molecule has 1 aliphatic heterocycles. The summed E-state index contributed by atoms with van der Waals surface area (Å²) in [5, 5.41) is 12.2. The number of fused-ring (bicyclic) bond motifs is 4. The smallest absolute Gasteiger partial charge is 0.218 e. The minimum atomic E-state index is -0.266. The molecule has 0 aliphatic carbocycles. The molecule has 4 rings (SSSR count). The fourth-order valence-electron chi connectivity index (χ4n) is 2.73. The first-order valence-corrected chi connectivity index (χ1v) is 6.44. The molecule has 0 saturated heterocycles. The lowest BCUT2D eigenvalue weighted by atomic mass is 9.94. The highest BCUT2D eigenvalue weighted by Gasteiger charge is 2.25. The maximum Gasteiger partial charge on any atom is 0.218 e. The largest absolute Gasteiger partial charge is 0.485 e. The molecule has 0 radical (unpaired) electrons. The van der Waals surface area contributed by atoms with Gasteiger partial charge in [0.15, 0.2) is 6.61 Å². The van der Waals surface area contributed by atoms with Gasteiger partial charge < -0.3 is 4.74 Å². The van der Waals surface area contributed by atoms with Crippen LogP contribution in [0.2, 0.25) is 0 Å². The van der Waals surface area contributed by atoms with Crippen LogP contribution in [0.25, 0.3) is 21.5 Å². The average molecular weight is 261 g/mol. The Morgan fingerprint density at radius 1 is 0.950 bits per heavy atom. The lowest BCUT2D eigenvalue weighted by molar-refractivity contribution is -0.115. The quantitative estimate of drug-likeness (QED) is 0.631. The third kappa shape index (κ3) is 1.46. The molecule has 3 heteroatoms. The van der Waals surface area contributed by atoms with E-state index >= 15 is 0 Å². The van der Waals surface area contributed by atoms with E-state index in [2.05, 4.69) is 12.1 Å². The summed E-state index contributed by atoms with van der Waals surface area (Å²) >= 11 is 0. The fourth-order valence-corrected chi connectivity index (χ4v) is 2.73. The van der Waals surface area contributed by atoms with Crippen molar-refractivity contribution in [2.45, 2.75) is 0 Å². The van der Waals surface area contributed by atoms with Crippen LogP contribution in [0, 0.1) is 5.41 Å². The van der Waals surface area contributed by atoms with Gasteiger partial charge in [-0.05, 0) is 39.7 Å². The Labute approximate surface area is 115 Å². The number of rotatable bonds is 0. The predicted molar refractivity (Wildman–Crippen MR) is 78.8 cm³/mol. The highest BCUT2D eigenvalue weighted by atomic mass is 16.5. The average Bonchev–Trinajstić information content (AvgIpc) is 2.48. The highest BCUT2D eigenvalue weighted by molar-refractivity contribution is 6.49. The van der Waals surface area contributed by atoms with E-state index in [0.717, 1.165) is 21.5 Å². The minimum absolute atomic E-state index is 0.0368. The standard InChI is InChI=1S/C17H11NO2/c18-17-14(19)9-20-15-6-5-12-7-10-3-1-2-4-11(10)8-13(12)16(15)17/h1-8,18H,9H2. The Hall–Kier alpha value is -2.68. The first-order valence-electron chi connectivity index (χ1n) is 6.44. The van der Waals surface area contributed by atoms with Crippen LogP contribution >= 0.6 is 0 Å². The first kappa shape index (κ1) is 11.2. The van der Waals surface area contributed by atoms with Crippen LogP contribution in [0.4, 0.5) is 0 Å². The molecule has 20 heavy (non-hydrogen) atoms. The van der Waals surface area contributed by atoms with E-state index in [1.165, 1.54) is 0 Å². The molecule has 3 nitrogen and oxygen atoms in total. The van der Waals surface area contributed by atoms with Crippen molar-refractivity contribution >= 4 is 33.0 Å². The summed E-state index contributed by atoms with van der Waals surface area (Å²) < 4.78 is 5.44. The van der Waals surface area contributed by atoms with Gasteiger partial charge in [-0.25, -0.2) is 0 Å². The highest BCUT2D eigenvalue weighted by Crippen LogP contribution is 2.33. The van der Waals surface area contributed by atoms with Gasteiger partial charge in [-0.15, -0.1) is 0 Å². The summed E-state index contributed by atoms with van der Waals surface area (Å²) in [5.74, 6) is 0.357. The number of Topliss-reactive ketones (excluding diaryl/α,β-unsaturated/α-hetero) is 1. The molecule has 0 bridgehead atoms. The first-order chi connectivity index (χ1) is 9.74. The SMILES string of the molecule is N=C1C(=O)COc2ccc3cc4ccccc4cc3c21. The maximum absolute atomic E-state index is 11.7. The zero-order valence-electron chi connectivity index (χ0n) is 10.6. The maximum atomic E-state index is 11.7. The monoisotopic (exact) mass is 261 g/mol. The molecule has 0 spiro atoms. The summed E-state index contributed by atoms with van der Waals surface area (Å²) in [7, 11) is 0. The van der Waals surface area contributed by atoms with Crippen LogP contribution in [0.15, 0.2) is 48.5 Å². The molecule has 1 N–H and O–H groups in total. The predicted octanol–water partition coefficient (Wildman–Crippen LogP) is 3.32. The van der Waals surface area contributed by atoms with E-state index in [1.54, 1.807) is 0 Å². The van der Waals surface area contributed by atoms with Crippen LogP contribution in [-0.4, -0.2) is 18.1 Å². The second-order valence-corrected chi connectivity index (χ2v) is 4.95. The molecule has 3 aromatic carbocycles. The van der Waals surface area contributed by atoms with Crippen molar-refractivity contribution in [3.63, 3.8) is 0 Å². The molecule has 1 heterocycles. The van der Waals surface area contributed by atoms with E-state index < -0.39 is 0 Å². The van der Waals surface area contributed by atoms with E-state index in [0.29, 0.717) is 11.3 Å². The number of hydrogen-bond donors (Lipinski definition) is 1. The summed E-state index contributed by atoms with van der Waals surface area (Å²) in [5.41, 5.74) is 0.664. The van der Waals surface area contributed by atoms with Crippen molar-refractivity contribution in [2.24, 2.45) is 0 Å². The molecule has 3 aromatic rings. The molecule has 0 atom stereocenters. The van der Waals surface area contributed by atoms with Gasteiger partial charge in [-0.2, -0.15) is 0 Å². The number of ketones is 1. The number of hydrogen-bond acceptors (Lipinski definition) is 3. The van der Waals surface area contributed by atoms with E-state index in [-0.39, 0.29) is 18.1 Å². The Bertz CT molecular complexity index is 896. The van der Waals surface area contributed by atoms with Gasteiger partial charge in [0.05, 0.1) is 5.56 Å². The van der Waals surface area contributed by atoms with Crippen LogP contribution < -0.4 is 4.74 Å². The topological polar surface area (TPSA) is 50.2 Å². The number of carbonyl (C=O) groups excluding carboxylic acids is 1. The normalized spacial score (nSPS) is 14.4. The summed E-state index contributed by atoms with van der Waals surface area (Å²) in [6.45, 7) is -0.0368. The van der Waals surface area contributed by atoms with Gasteiger partial charge in [-0.1, -0.05) is 30.3 Å². The second-order valence-electron chi connectivity index (χ2n) is 4.95. The third-order valence-electron chi connectivity index (χ3n) is 3.74. The van der Waals surface area contributed by atoms with Gasteiger partial charge in [0.2, 0.25) is 5.78 Å². The molecule has 0 amide bonds. The molecule has 96 valence electrons. The molecule has 0 fully saturated rings. The zero-order valence-corrected chi connectivity index (χ0v) is 10.6. The van der Waals surface area contributed by atoms with Crippen LogP contribution in [0.5, 0.6) is 5.75 Å². The second kappa shape index (κ2) is 3.90. The van der Waals surface area contributed by atoms with Crippen LogP contribution in [-0.2, 0) is 4.79 Å². The Balaban J connectivity index is 2.14. The zero-order chi connectivity index (χ0) is 13.7. The summed E-state index contributed by atoms with van der Waals surface area (Å²) in [6, 6.07) is 16.0. The van der Waals surface area contributed by atoms with E-state index in [1.807, 2.05) is 36.4 Å². The number of nitrogens with one attached hydrogen (secondary N) is 1. The van der Waals surface area contributed by atoms with Gasteiger partial charge in [0, 0.05) is 0 Å². The molecule has 0 aromatic heterocycles. The van der Waals surface area contributed by atoms with Crippen molar-refractivity contribution < 1.29 is 9.53 Å². The van der Waals surface area contributed by atoms with E-state index in [9.17, 15) is 4.79 Å². The van der Waals surface area contributed by atoms with Crippen molar-refractivity contribution in [3.05, 3.63) is 54.1 Å². The summed E-state index contributed by atoms with van der Waals surface area (Å²) in [6.07, 6.45) is 0. The van der Waals surface area contributed by atoms with Crippen molar-refractivity contribution in [1.29, 1.82) is 5.41 Å². The van der Waals surface area contributed by atoms with Gasteiger partial charge in [0.25, 0.3) is 0 Å². The van der Waals surface area contributed by atoms with Gasteiger partial charge in [-0.3, -0.25) is 10.2 Å². The number of ether oxygens (including phenoxy) is 1. The van der Waals surface area contributed by atoms with Gasteiger partial charge >= 0.3 is 0 Å². The molecule has 0 unspecified atom stereocenters. The minimum Gasteiger partial charge on any atom is -0.485 e.